The molecule has 2 atom stereocenters. The van der Waals surface area contributed by atoms with E-state index in [1.54, 1.807) is 6.33 Å². The van der Waals surface area contributed by atoms with Crippen molar-refractivity contribution in [1.82, 2.24) is 9.97 Å². The standard InChI is InChI=1S/C17H21N3O/c21-17-8-4-3-5-13(17)11-20(10-9-17)16-14-6-1-2-7-15(14)18-12-19-16/h1-2,6-7,12-13,21H,3-5,8-11H2. The lowest BCUT2D eigenvalue weighted by atomic mass is 9.71. The first-order valence-electron chi connectivity index (χ1n) is 7.93. The molecule has 2 aromatic rings. The van der Waals surface area contributed by atoms with Gasteiger partial charge < -0.3 is 10.0 Å². The minimum absolute atomic E-state index is 0.383. The van der Waals surface area contributed by atoms with Crippen LogP contribution >= 0.6 is 0 Å². The molecule has 4 rings (SSSR count). The molecule has 0 radical (unpaired) electrons. The van der Waals surface area contributed by atoms with E-state index in [0.29, 0.717) is 5.92 Å². The monoisotopic (exact) mass is 283 g/mol. The van der Waals surface area contributed by atoms with E-state index in [9.17, 15) is 5.11 Å². The predicted molar refractivity (Wildman–Crippen MR) is 83.3 cm³/mol. The summed E-state index contributed by atoms with van der Waals surface area (Å²) in [5, 5.41) is 11.9. The highest BCUT2D eigenvalue weighted by molar-refractivity contribution is 5.89. The van der Waals surface area contributed by atoms with Gasteiger partial charge in [0.05, 0.1) is 11.1 Å². The summed E-state index contributed by atoms with van der Waals surface area (Å²) in [6, 6.07) is 8.17. The Balaban J connectivity index is 1.67. The minimum atomic E-state index is -0.433. The molecular weight excluding hydrogens is 262 g/mol. The number of fused-ring (bicyclic) bond motifs is 2. The van der Waals surface area contributed by atoms with Crippen molar-refractivity contribution >= 4 is 16.7 Å². The van der Waals surface area contributed by atoms with Gasteiger partial charge >= 0.3 is 0 Å². The van der Waals surface area contributed by atoms with Gasteiger partial charge in [0.2, 0.25) is 0 Å². The van der Waals surface area contributed by atoms with Gasteiger partial charge in [-0.15, -0.1) is 0 Å². The van der Waals surface area contributed by atoms with Gasteiger partial charge in [0.25, 0.3) is 0 Å². The molecule has 2 aliphatic rings. The van der Waals surface area contributed by atoms with Crippen molar-refractivity contribution in [1.29, 1.82) is 0 Å². The molecular formula is C17H21N3O. The number of para-hydroxylation sites is 1. The third kappa shape index (κ3) is 2.18. The van der Waals surface area contributed by atoms with Gasteiger partial charge in [-0.2, -0.15) is 0 Å². The average molecular weight is 283 g/mol. The van der Waals surface area contributed by atoms with Crippen LogP contribution in [0, 0.1) is 5.92 Å². The zero-order chi connectivity index (χ0) is 14.3. The van der Waals surface area contributed by atoms with Crippen LogP contribution in [0.2, 0.25) is 0 Å². The maximum atomic E-state index is 10.8. The summed E-state index contributed by atoms with van der Waals surface area (Å²) < 4.78 is 0. The molecule has 0 amide bonds. The predicted octanol–water partition coefficient (Wildman–Crippen LogP) is 2.76. The van der Waals surface area contributed by atoms with Crippen molar-refractivity contribution in [3.05, 3.63) is 30.6 Å². The van der Waals surface area contributed by atoms with E-state index in [0.717, 1.165) is 49.1 Å². The molecule has 1 saturated carbocycles. The van der Waals surface area contributed by atoms with Gasteiger partial charge in [0.1, 0.15) is 12.1 Å². The molecule has 1 aromatic heterocycles. The van der Waals surface area contributed by atoms with E-state index in [4.69, 9.17) is 0 Å². The second-order valence-electron chi connectivity index (χ2n) is 6.46. The molecule has 2 unspecified atom stereocenters. The first kappa shape index (κ1) is 13.0. The number of aromatic nitrogens is 2. The van der Waals surface area contributed by atoms with E-state index in [1.807, 2.05) is 18.2 Å². The smallest absolute Gasteiger partial charge is 0.139 e. The molecule has 4 heteroatoms. The van der Waals surface area contributed by atoms with Crippen molar-refractivity contribution in [2.75, 3.05) is 18.0 Å². The Kier molecular flexibility index (Phi) is 3.07. The summed E-state index contributed by atoms with van der Waals surface area (Å²) >= 11 is 0. The van der Waals surface area contributed by atoms with Crippen LogP contribution in [0.4, 0.5) is 5.82 Å². The summed E-state index contributed by atoms with van der Waals surface area (Å²) in [6.07, 6.45) is 7.02. The van der Waals surface area contributed by atoms with Crippen molar-refractivity contribution in [2.24, 2.45) is 5.92 Å². The Labute approximate surface area is 124 Å². The quantitative estimate of drug-likeness (QED) is 0.874. The fraction of sp³-hybridized carbons (Fsp3) is 0.529. The largest absolute Gasteiger partial charge is 0.389 e. The number of nitrogens with zero attached hydrogens (tertiary/aromatic N) is 3. The molecule has 2 heterocycles. The highest BCUT2D eigenvalue weighted by Gasteiger charge is 2.43. The van der Waals surface area contributed by atoms with Crippen molar-refractivity contribution < 1.29 is 5.11 Å². The fourth-order valence-electron chi connectivity index (χ4n) is 4.01. The Morgan fingerprint density at radius 2 is 2.05 bits per heavy atom. The van der Waals surface area contributed by atoms with Crippen LogP contribution in [0.15, 0.2) is 30.6 Å². The summed E-state index contributed by atoms with van der Waals surface area (Å²) in [5.41, 5.74) is 0.560. The van der Waals surface area contributed by atoms with E-state index < -0.39 is 5.60 Å². The second kappa shape index (κ2) is 4.95. The van der Waals surface area contributed by atoms with Crippen LogP contribution in [-0.4, -0.2) is 33.8 Å². The molecule has 1 aliphatic heterocycles. The number of benzene rings is 1. The molecule has 0 spiro atoms. The molecule has 110 valence electrons. The Bertz CT molecular complexity index is 654. The topological polar surface area (TPSA) is 49.2 Å². The zero-order valence-corrected chi connectivity index (χ0v) is 12.2. The van der Waals surface area contributed by atoms with Gasteiger partial charge in [-0.05, 0) is 31.4 Å². The van der Waals surface area contributed by atoms with Crippen LogP contribution in [-0.2, 0) is 0 Å². The Morgan fingerprint density at radius 1 is 1.14 bits per heavy atom. The average Bonchev–Trinajstić information content (AvgIpc) is 2.53. The van der Waals surface area contributed by atoms with Crippen molar-refractivity contribution in [3.63, 3.8) is 0 Å². The first-order valence-corrected chi connectivity index (χ1v) is 7.93. The van der Waals surface area contributed by atoms with Gasteiger partial charge in [-0.3, -0.25) is 0 Å². The van der Waals surface area contributed by atoms with Gasteiger partial charge in [-0.1, -0.05) is 25.0 Å². The molecule has 4 nitrogen and oxygen atoms in total. The second-order valence-corrected chi connectivity index (χ2v) is 6.46. The van der Waals surface area contributed by atoms with E-state index in [2.05, 4.69) is 20.9 Å². The van der Waals surface area contributed by atoms with E-state index in [-0.39, 0.29) is 0 Å². The van der Waals surface area contributed by atoms with Gasteiger partial charge in [-0.25, -0.2) is 9.97 Å². The third-order valence-electron chi connectivity index (χ3n) is 5.25. The minimum Gasteiger partial charge on any atom is -0.389 e. The SMILES string of the molecule is OC12CCCCC1CN(c1ncnc3ccccc13)CC2. The highest BCUT2D eigenvalue weighted by Crippen LogP contribution is 2.41. The summed E-state index contributed by atoms with van der Waals surface area (Å²) in [5.74, 6) is 1.40. The number of aliphatic hydroxyl groups is 1. The maximum Gasteiger partial charge on any atom is 0.139 e. The molecule has 1 saturated heterocycles. The van der Waals surface area contributed by atoms with Gasteiger partial charge in [0, 0.05) is 24.4 Å². The van der Waals surface area contributed by atoms with Crippen LogP contribution in [0.1, 0.15) is 32.1 Å². The number of hydrogen-bond acceptors (Lipinski definition) is 4. The van der Waals surface area contributed by atoms with Crippen LogP contribution in [0.5, 0.6) is 0 Å². The molecule has 1 N–H and O–H groups in total. The molecule has 21 heavy (non-hydrogen) atoms. The highest BCUT2D eigenvalue weighted by atomic mass is 16.3. The van der Waals surface area contributed by atoms with Crippen LogP contribution < -0.4 is 4.90 Å². The molecule has 1 aromatic carbocycles. The summed E-state index contributed by atoms with van der Waals surface area (Å²) in [7, 11) is 0. The van der Waals surface area contributed by atoms with Gasteiger partial charge in [0.15, 0.2) is 0 Å². The van der Waals surface area contributed by atoms with E-state index >= 15 is 0 Å². The molecule has 0 bridgehead atoms. The Morgan fingerprint density at radius 3 is 3.00 bits per heavy atom. The van der Waals surface area contributed by atoms with Crippen molar-refractivity contribution in [2.45, 2.75) is 37.7 Å². The number of piperidine rings is 1. The lowest BCUT2D eigenvalue weighted by Crippen LogP contribution is -2.53. The molecule has 2 fully saturated rings. The lowest BCUT2D eigenvalue weighted by Gasteiger charge is -2.47. The first-order chi connectivity index (χ1) is 10.3. The molecule has 1 aliphatic carbocycles. The number of rotatable bonds is 1. The maximum absolute atomic E-state index is 10.8. The number of anilines is 1. The third-order valence-corrected chi connectivity index (χ3v) is 5.25. The van der Waals surface area contributed by atoms with Crippen LogP contribution in [0.25, 0.3) is 10.9 Å². The summed E-state index contributed by atoms with van der Waals surface area (Å²) in [4.78, 5) is 11.2. The fourth-order valence-corrected chi connectivity index (χ4v) is 4.01. The summed E-state index contributed by atoms with van der Waals surface area (Å²) in [6.45, 7) is 1.80. The lowest BCUT2D eigenvalue weighted by molar-refractivity contribution is -0.0613. The number of hydrogen-bond donors (Lipinski definition) is 1. The zero-order valence-electron chi connectivity index (χ0n) is 12.2. The van der Waals surface area contributed by atoms with Crippen molar-refractivity contribution in [3.8, 4) is 0 Å². The normalized spacial score (nSPS) is 29.4. The Hall–Kier alpha value is -1.68. The van der Waals surface area contributed by atoms with E-state index in [1.165, 1.54) is 12.8 Å². The van der Waals surface area contributed by atoms with Crippen LogP contribution in [0.3, 0.4) is 0 Å².